The molecule has 5 heteroatoms. The first-order valence-corrected chi connectivity index (χ1v) is 6.66. The van der Waals surface area contributed by atoms with Gasteiger partial charge < -0.3 is 14.7 Å². The highest BCUT2D eigenvalue weighted by Crippen LogP contribution is 2.49. The Morgan fingerprint density at radius 1 is 1.30 bits per heavy atom. The fraction of sp³-hybridized carbons (Fsp3) is 0.467. The standard InChI is InChI=1S/C15H19NO4/c1-20-10-9-16(11-13(17)18)14(19)15(7-8-15)12-5-3-2-4-6-12/h2-6H,7-11H2,1H3,(H,17,18). The summed E-state index contributed by atoms with van der Waals surface area (Å²) in [7, 11) is 1.54. The third kappa shape index (κ3) is 2.99. The number of carboxylic acid groups (broad SMARTS) is 1. The molecule has 1 aliphatic carbocycles. The molecule has 2 rings (SSSR count). The molecule has 0 atom stereocenters. The molecule has 1 amide bonds. The highest BCUT2D eigenvalue weighted by atomic mass is 16.5. The average molecular weight is 277 g/mol. The number of ether oxygens (including phenoxy) is 1. The molecule has 0 unspecified atom stereocenters. The number of aliphatic carboxylic acids is 1. The first-order valence-electron chi connectivity index (χ1n) is 6.66. The molecular formula is C15H19NO4. The van der Waals surface area contributed by atoms with Gasteiger partial charge in [0, 0.05) is 13.7 Å². The van der Waals surface area contributed by atoms with Gasteiger partial charge in [-0.05, 0) is 18.4 Å². The van der Waals surface area contributed by atoms with Crippen LogP contribution in [0.25, 0.3) is 0 Å². The number of benzene rings is 1. The van der Waals surface area contributed by atoms with E-state index in [9.17, 15) is 9.59 Å². The lowest BCUT2D eigenvalue weighted by Crippen LogP contribution is -2.43. The van der Waals surface area contributed by atoms with E-state index in [4.69, 9.17) is 9.84 Å². The van der Waals surface area contributed by atoms with Crippen LogP contribution in [0.1, 0.15) is 18.4 Å². The van der Waals surface area contributed by atoms with E-state index in [0.717, 1.165) is 18.4 Å². The predicted octanol–water partition coefficient (Wildman–Crippen LogP) is 1.28. The second-order valence-electron chi connectivity index (χ2n) is 5.06. The maximum atomic E-state index is 12.7. The molecule has 0 radical (unpaired) electrons. The summed E-state index contributed by atoms with van der Waals surface area (Å²) in [5.41, 5.74) is 0.447. The van der Waals surface area contributed by atoms with Crippen LogP contribution in [0, 0.1) is 0 Å². The van der Waals surface area contributed by atoms with Gasteiger partial charge in [-0.25, -0.2) is 0 Å². The van der Waals surface area contributed by atoms with E-state index in [1.165, 1.54) is 12.0 Å². The van der Waals surface area contributed by atoms with Crippen LogP contribution < -0.4 is 0 Å². The number of hydrogen-bond acceptors (Lipinski definition) is 3. The fourth-order valence-corrected chi connectivity index (χ4v) is 2.43. The molecule has 1 N–H and O–H groups in total. The van der Waals surface area contributed by atoms with E-state index in [-0.39, 0.29) is 12.5 Å². The summed E-state index contributed by atoms with van der Waals surface area (Å²) < 4.78 is 4.96. The SMILES string of the molecule is COCCN(CC(=O)O)C(=O)C1(c2ccccc2)CC1. The Hall–Kier alpha value is -1.88. The second-order valence-corrected chi connectivity index (χ2v) is 5.06. The predicted molar refractivity (Wildman–Crippen MR) is 73.4 cm³/mol. The molecule has 0 aliphatic heterocycles. The third-order valence-electron chi connectivity index (χ3n) is 3.66. The average Bonchev–Trinajstić information content (AvgIpc) is 3.25. The summed E-state index contributed by atoms with van der Waals surface area (Å²) in [5.74, 6) is -1.11. The topological polar surface area (TPSA) is 66.8 Å². The summed E-state index contributed by atoms with van der Waals surface area (Å²) in [6, 6.07) is 9.57. The van der Waals surface area contributed by atoms with E-state index < -0.39 is 11.4 Å². The molecule has 108 valence electrons. The zero-order chi connectivity index (χ0) is 14.6. The third-order valence-corrected chi connectivity index (χ3v) is 3.66. The van der Waals surface area contributed by atoms with Gasteiger partial charge in [0.25, 0.3) is 0 Å². The molecule has 0 saturated heterocycles. The van der Waals surface area contributed by atoms with E-state index in [2.05, 4.69) is 0 Å². The van der Waals surface area contributed by atoms with Crippen molar-refractivity contribution in [2.75, 3.05) is 26.8 Å². The van der Waals surface area contributed by atoms with Crippen molar-refractivity contribution in [2.45, 2.75) is 18.3 Å². The Labute approximate surface area is 118 Å². The molecule has 0 bridgehead atoms. The lowest BCUT2D eigenvalue weighted by molar-refractivity contribution is -0.146. The number of rotatable bonds is 7. The van der Waals surface area contributed by atoms with Gasteiger partial charge in [0.15, 0.2) is 0 Å². The minimum Gasteiger partial charge on any atom is -0.480 e. The monoisotopic (exact) mass is 277 g/mol. The smallest absolute Gasteiger partial charge is 0.323 e. The van der Waals surface area contributed by atoms with E-state index in [1.54, 1.807) is 0 Å². The molecular weight excluding hydrogens is 258 g/mol. The molecule has 5 nitrogen and oxygen atoms in total. The van der Waals surface area contributed by atoms with Crippen LogP contribution in [0.4, 0.5) is 0 Å². The van der Waals surface area contributed by atoms with Crippen LogP contribution in [-0.4, -0.2) is 48.7 Å². The normalized spacial score (nSPS) is 15.7. The van der Waals surface area contributed by atoms with Gasteiger partial charge in [-0.15, -0.1) is 0 Å². The zero-order valence-electron chi connectivity index (χ0n) is 11.5. The molecule has 0 heterocycles. The maximum Gasteiger partial charge on any atom is 0.323 e. The maximum absolute atomic E-state index is 12.7. The van der Waals surface area contributed by atoms with Crippen molar-refractivity contribution in [1.82, 2.24) is 4.90 Å². The van der Waals surface area contributed by atoms with Crippen LogP contribution in [-0.2, 0) is 19.7 Å². The second kappa shape index (κ2) is 6.05. The summed E-state index contributed by atoms with van der Waals surface area (Å²) in [4.78, 5) is 25.0. The lowest BCUT2D eigenvalue weighted by Gasteiger charge is -2.26. The van der Waals surface area contributed by atoms with Crippen LogP contribution in [0.15, 0.2) is 30.3 Å². The summed E-state index contributed by atoms with van der Waals surface area (Å²) >= 11 is 0. The van der Waals surface area contributed by atoms with Gasteiger partial charge in [-0.3, -0.25) is 9.59 Å². The van der Waals surface area contributed by atoms with E-state index in [0.29, 0.717) is 13.2 Å². The van der Waals surface area contributed by atoms with E-state index >= 15 is 0 Å². The van der Waals surface area contributed by atoms with Crippen LogP contribution in [0.5, 0.6) is 0 Å². The Balaban J connectivity index is 2.16. The number of carbonyl (C=O) groups is 2. The number of carboxylic acids is 1. The first kappa shape index (κ1) is 14.5. The highest BCUT2D eigenvalue weighted by molar-refractivity contribution is 5.93. The Morgan fingerprint density at radius 3 is 2.45 bits per heavy atom. The number of carbonyl (C=O) groups excluding carboxylic acids is 1. The summed E-state index contributed by atoms with van der Waals surface area (Å²) in [6.45, 7) is 0.358. The first-order chi connectivity index (χ1) is 9.60. The van der Waals surface area contributed by atoms with Gasteiger partial charge in [-0.2, -0.15) is 0 Å². The fourth-order valence-electron chi connectivity index (χ4n) is 2.43. The minimum absolute atomic E-state index is 0.108. The van der Waals surface area contributed by atoms with Crippen molar-refractivity contribution in [1.29, 1.82) is 0 Å². The quantitative estimate of drug-likeness (QED) is 0.815. The van der Waals surface area contributed by atoms with Crippen molar-refractivity contribution >= 4 is 11.9 Å². The van der Waals surface area contributed by atoms with Gasteiger partial charge in [-0.1, -0.05) is 30.3 Å². The number of nitrogens with zero attached hydrogens (tertiary/aromatic N) is 1. The molecule has 20 heavy (non-hydrogen) atoms. The zero-order valence-corrected chi connectivity index (χ0v) is 11.5. The summed E-state index contributed by atoms with van der Waals surface area (Å²) in [6.07, 6.45) is 1.55. The number of methoxy groups -OCH3 is 1. The van der Waals surface area contributed by atoms with Crippen LogP contribution in [0.3, 0.4) is 0 Å². The van der Waals surface area contributed by atoms with Gasteiger partial charge in [0.05, 0.1) is 12.0 Å². The molecule has 1 fully saturated rings. The Kier molecular flexibility index (Phi) is 4.39. The molecule has 0 spiro atoms. The van der Waals surface area contributed by atoms with Gasteiger partial charge in [0.1, 0.15) is 6.54 Å². The van der Waals surface area contributed by atoms with Crippen LogP contribution in [0.2, 0.25) is 0 Å². The molecule has 1 aromatic carbocycles. The largest absolute Gasteiger partial charge is 0.480 e. The van der Waals surface area contributed by atoms with Crippen molar-refractivity contribution in [2.24, 2.45) is 0 Å². The number of amides is 1. The minimum atomic E-state index is -1.00. The lowest BCUT2D eigenvalue weighted by atomic mass is 9.94. The molecule has 1 aromatic rings. The number of hydrogen-bond donors (Lipinski definition) is 1. The Bertz CT molecular complexity index is 482. The van der Waals surface area contributed by atoms with Crippen molar-refractivity contribution in [3.8, 4) is 0 Å². The highest BCUT2D eigenvalue weighted by Gasteiger charge is 2.53. The molecule has 1 aliphatic rings. The Morgan fingerprint density at radius 2 is 1.95 bits per heavy atom. The van der Waals surface area contributed by atoms with Crippen molar-refractivity contribution in [3.05, 3.63) is 35.9 Å². The van der Waals surface area contributed by atoms with Crippen molar-refractivity contribution in [3.63, 3.8) is 0 Å². The van der Waals surface area contributed by atoms with Crippen molar-refractivity contribution < 1.29 is 19.4 Å². The summed E-state index contributed by atoms with van der Waals surface area (Å²) in [5, 5.41) is 8.95. The van der Waals surface area contributed by atoms with Gasteiger partial charge in [0.2, 0.25) is 5.91 Å². The van der Waals surface area contributed by atoms with Gasteiger partial charge >= 0.3 is 5.97 Å². The van der Waals surface area contributed by atoms with E-state index in [1.807, 2.05) is 30.3 Å². The van der Waals surface area contributed by atoms with Crippen LogP contribution >= 0.6 is 0 Å². The molecule has 0 aromatic heterocycles. The molecule has 1 saturated carbocycles.